The molecule has 126 valence electrons. The van der Waals surface area contributed by atoms with E-state index in [0.717, 1.165) is 45.4 Å². The van der Waals surface area contributed by atoms with Gasteiger partial charge in [-0.2, -0.15) is 0 Å². The van der Waals surface area contributed by atoms with Crippen molar-refractivity contribution >= 4 is 17.2 Å². The van der Waals surface area contributed by atoms with Gasteiger partial charge in [0.2, 0.25) is 5.91 Å². The zero-order valence-corrected chi connectivity index (χ0v) is 14.2. The van der Waals surface area contributed by atoms with Crippen molar-refractivity contribution in [2.75, 3.05) is 32.8 Å². The normalized spacial score (nSPS) is 32.0. The Hall–Kier alpha value is -0.950. The van der Waals surface area contributed by atoms with E-state index < -0.39 is 0 Å². The Balaban J connectivity index is 1.44. The number of hydrogen-bond acceptors (Lipinski definition) is 5. The van der Waals surface area contributed by atoms with E-state index in [-0.39, 0.29) is 17.9 Å². The van der Waals surface area contributed by atoms with Crippen molar-refractivity contribution in [3.63, 3.8) is 0 Å². The summed E-state index contributed by atoms with van der Waals surface area (Å²) >= 11 is 1.81. The van der Waals surface area contributed by atoms with Crippen LogP contribution in [0.2, 0.25) is 0 Å². The van der Waals surface area contributed by atoms with Gasteiger partial charge in [-0.05, 0) is 30.7 Å². The third kappa shape index (κ3) is 3.31. The SMILES string of the molecule is O=C([C@@H]1CCO[C@@H]2CCN(Cc3cccs3)C[C@H]21)N1CCCO1. The maximum Gasteiger partial charge on any atom is 0.249 e. The lowest BCUT2D eigenvalue weighted by atomic mass is 9.79. The summed E-state index contributed by atoms with van der Waals surface area (Å²) in [6.45, 7) is 5.12. The molecule has 3 fully saturated rings. The van der Waals surface area contributed by atoms with Crippen LogP contribution in [0, 0.1) is 11.8 Å². The summed E-state index contributed by atoms with van der Waals surface area (Å²) in [4.78, 5) is 22.2. The molecule has 0 spiro atoms. The van der Waals surface area contributed by atoms with Gasteiger partial charge in [0, 0.05) is 43.0 Å². The molecule has 0 unspecified atom stereocenters. The minimum atomic E-state index is 0.0537. The summed E-state index contributed by atoms with van der Waals surface area (Å²) in [6, 6.07) is 4.29. The first-order chi connectivity index (χ1) is 11.3. The number of nitrogens with zero attached hydrogens (tertiary/aromatic N) is 2. The number of amides is 1. The summed E-state index contributed by atoms with van der Waals surface area (Å²) in [5, 5.41) is 3.73. The molecule has 3 aliphatic heterocycles. The number of carbonyl (C=O) groups excluding carboxylic acids is 1. The number of likely N-dealkylation sites (tertiary alicyclic amines) is 1. The monoisotopic (exact) mass is 336 g/mol. The van der Waals surface area contributed by atoms with E-state index in [1.54, 1.807) is 16.4 Å². The Morgan fingerprint density at radius 2 is 2.26 bits per heavy atom. The fourth-order valence-corrected chi connectivity index (χ4v) is 4.81. The highest BCUT2D eigenvalue weighted by Crippen LogP contribution is 2.35. The number of thiophene rings is 1. The molecule has 0 N–H and O–H groups in total. The number of ether oxygens (including phenoxy) is 1. The Labute approximate surface area is 141 Å². The Kier molecular flexibility index (Phi) is 4.66. The molecule has 6 heteroatoms. The van der Waals surface area contributed by atoms with E-state index in [9.17, 15) is 4.79 Å². The number of rotatable bonds is 3. The van der Waals surface area contributed by atoms with Gasteiger partial charge in [-0.15, -0.1) is 11.3 Å². The first-order valence-electron chi connectivity index (χ1n) is 8.62. The fourth-order valence-electron chi connectivity index (χ4n) is 4.06. The lowest BCUT2D eigenvalue weighted by Gasteiger charge is -2.45. The average Bonchev–Trinajstić information content (AvgIpc) is 3.27. The lowest BCUT2D eigenvalue weighted by molar-refractivity contribution is -0.185. The van der Waals surface area contributed by atoms with Crippen molar-refractivity contribution in [3.05, 3.63) is 22.4 Å². The minimum absolute atomic E-state index is 0.0537. The minimum Gasteiger partial charge on any atom is -0.378 e. The van der Waals surface area contributed by atoms with Gasteiger partial charge in [0.1, 0.15) is 0 Å². The standard InChI is InChI=1S/C17H24N2O3S/c20-17(19-6-2-8-22-19)14-5-9-21-16-4-7-18(12-15(14)16)11-13-3-1-10-23-13/h1,3,10,14-16H,2,4-9,11-12H2/t14-,15+,16-/m1/s1. The molecule has 4 heterocycles. The van der Waals surface area contributed by atoms with E-state index in [4.69, 9.17) is 9.57 Å². The molecule has 3 aliphatic rings. The van der Waals surface area contributed by atoms with E-state index in [0.29, 0.717) is 19.1 Å². The second-order valence-electron chi connectivity index (χ2n) is 6.70. The van der Waals surface area contributed by atoms with Gasteiger partial charge in [0.05, 0.1) is 19.3 Å². The first-order valence-corrected chi connectivity index (χ1v) is 9.50. The van der Waals surface area contributed by atoms with Gasteiger partial charge in [0.15, 0.2) is 0 Å². The highest BCUT2D eigenvalue weighted by Gasteiger charge is 2.43. The van der Waals surface area contributed by atoms with Crippen molar-refractivity contribution in [1.29, 1.82) is 0 Å². The third-order valence-electron chi connectivity index (χ3n) is 5.23. The van der Waals surface area contributed by atoms with Crippen LogP contribution in [0.1, 0.15) is 24.1 Å². The third-order valence-corrected chi connectivity index (χ3v) is 6.09. The Bertz CT molecular complexity index is 530. The van der Waals surface area contributed by atoms with Gasteiger partial charge < -0.3 is 4.74 Å². The first kappa shape index (κ1) is 15.6. The molecule has 3 atom stereocenters. The van der Waals surface area contributed by atoms with Crippen LogP contribution in [-0.4, -0.2) is 54.8 Å². The Morgan fingerprint density at radius 1 is 1.30 bits per heavy atom. The molecule has 0 aliphatic carbocycles. The lowest BCUT2D eigenvalue weighted by Crippen LogP contribution is -2.53. The van der Waals surface area contributed by atoms with Gasteiger partial charge in [-0.1, -0.05) is 6.07 Å². The molecule has 0 radical (unpaired) electrons. The summed E-state index contributed by atoms with van der Waals surface area (Å²) in [6.07, 6.45) is 3.04. The summed E-state index contributed by atoms with van der Waals surface area (Å²) in [5.41, 5.74) is 0. The summed E-state index contributed by atoms with van der Waals surface area (Å²) in [7, 11) is 0. The molecular weight excluding hydrogens is 312 g/mol. The van der Waals surface area contributed by atoms with Crippen LogP contribution in [0.5, 0.6) is 0 Å². The number of piperidine rings is 1. The number of carbonyl (C=O) groups is 1. The second-order valence-corrected chi connectivity index (χ2v) is 7.73. The maximum atomic E-state index is 12.8. The molecule has 1 aromatic rings. The summed E-state index contributed by atoms with van der Waals surface area (Å²) < 4.78 is 5.97. The van der Waals surface area contributed by atoms with Crippen LogP contribution in [0.25, 0.3) is 0 Å². The van der Waals surface area contributed by atoms with Crippen LogP contribution in [-0.2, 0) is 20.9 Å². The smallest absolute Gasteiger partial charge is 0.249 e. The molecule has 1 aromatic heterocycles. The van der Waals surface area contributed by atoms with Crippen LogP contribution in [0.15, 0.2) is 17.5 Å². The van der Waals surface area contributed by atoms with Crippen LogP contribution in [0.4, 0.5) is 0 Å². The molecule has 4 rings (SSSR count). The average molecular weight is 336 g/mol. The van der Waals surface area contributed by atoms with Crippen molar-refractivity contribution in [2.45, 2.75) is 31.9 Å². The predicted molar refractivity (Wildman–Crippen MR) is 87.8 cm³/mol. The molecule has 1 amide bonds. The summed E-state index contributed by atoms with van der Waals surface area (Å²) in [5.74, 6) is 0.533. The van der Waals surface area contributed by atoms with Crippen LogP contribution >= 0.6 is 11.3 Å². The molecule has 0 bridgehead atoms. The van der Waals surface area contributed by atoms with E-state index in [1.807, 2.05) is 0 Å². The van der Waals surface area contributed by atoms with Crippen molar-refractivity contribution < 1.29 is 14.4 Å². The highest BCUT2D eigenvalue weighted by atomic mass is 32.1. The maximum absolute atomic E-state index is 12.8. The van der Waals surface area contributed by atoms with Gasteiger partial charge >= 0.3 is 0 Å². The molecule has 5 nitrogen and oxygen atoms in total. The van der Waals surface area contributed by atoms with E-state index in [2.05, 4.69) is 22.4 Å². The van der Waals surface area contributed by atoms with Crippen molar-refractivity contribution in [3.8, 4) is 0 Å². The fraction of sp³-hybridized carbons (Fsp3) is 0.706. The van der Waals surface area contributed by atoms with Crippen molar-refractivity contribution in [1.82, 2.24) is 9.96 Å². The van der Waals surface area contributed by atoms with Crippen LogP contribution < -0.4 is 0 Å². The molecular formula is C17H24N2O3S. The zero-order valence-electron chi connectivity index (χ0n) is 13.4. The quantitative estimate of drug-likeness (QED) is 0.848. The number of fused-ring (bicyclic) bond motifs is 1. The second kappa shape index (κ2) is 6.89. The highest BCUT2D eigenvalue weighted by molar-refractivity contribution is 7.09. The van der Waals surface area contributed by atoms with Crippen molar-refractivity contribution in [2.24, 2.45) is 11.8 Å². The zero-order chi connectivity index (χ0) is 15.6. The number of hydrogen-bond donors (Lipinski definition) is 0. The van der Waals surface area contributed by atoms with Crippen LogP contribution in [0.3, 0.4) is 0 Å². The van der Waals surface area contributed by atoms with E-state index in [1.165, 1.54) is 4.88 Å². The topological polar surface area (TPSA) is 42.0 Å². The molecule has 0 saturated carbocycles. The predicted octanol–water partition coefficient (Wildman–Crippen LogP) is 2.14. The van der Waals surface area contributed by atoms with Gasteiger partial charge in [-0.3, -0.25) is 14.5 Å². The Morgan fingerprint density at radius 3 is 3.04 bits per heavy atom. The van der Waals surface area contributed by atoms with E-state index >= 15 is 0 Å². The van der Waals surface area contributed by atoms with Gasteiger partial charge in [-0.25, -0.2) is 5.06 Å². The molecule has 3 saturated heterocycles. The largest absolute Gasteiger partial charge is 0.378 e. The van der Waals surface area contributed by atoms with Gasteiger partial charge in [0.25, 0.3) is 0 Å². The molecule has 0 aromatic carbocycles. The molecule has 23 heavy (non-hydrogen) atoms. The number of hydroxylamine groups is 2.